The molecule has 0 aromatic carbocycles. The normalized spacial score (nSPS) is 13.3. The molecule has 0 aliphatic carbocycles. The van der Waals surface area contributed by atoms with E-state index in [0.29, 0.717) is 6.42 Å². The molecule has 312 valence electrons. The standard InChI is InChI=1S/C50H76O6/c1-4-7-10-13-16-19-21-23-24-25-27-28-31-34-37-40-43-49(52)55-46-47(45-54-48(51)42-39-36-33-30-18-15-12-9-6-3)56-50(53)44-41-38-35-32-29-26-22-20-17-14-11-8-5-2/h7-12,14,16-20,22-24,27-28,30,36,39,47H,4-6,13,15,21,25-26,29,31-35,37-38,40-46H2,1-3H3/b10-7-,11-8-,12-9-,17-14-,19-16-,22-20-,24-23-,28-27-,30-18-,39-36-. The molecule has 0 amide bonds. The summed E-state index contributed by atoms with van der Waals surface area (Å²) in [4.78, 5) is 37.6. The van der Waals surface area contributed by atoms with Crippen LogP contribution in [0.1, 0.15) is 156 Å². The molecule has 1 atom stereocenters. The van der Waals surface area contributed by atoms with Gasteiger partial charge in [0.15, 0.2) is 6.10 Å². The van der Waals surface area contributed by atoms with Crippen LogP contribution in [-0.4, -0.2) is 37.2 Å². The van der Waals surface area contributed by atoms with E-state index < -0.39 is 12.1 Å². The molecule has 56 heavy (non-hydrogen) atoms. The molecule has 0 saturated carbocycles. The first-order valence-electron chi connectivity index (χ1n) is 21.6. The van der Waals surface area contributed by atoms with Gasteiger partial charge in [0.2, 0.25) is 0 Å². The molecule has 0 aromatic heterocycles. The maximum atomic E-state index is 12.7. The number of allylic oxidation sites excluding steroid dienone is 19. The number of ether oxygens (including phenoxy) is 3. The van der Waals surface area contributed by atoms with Crippen molar-refractivity contribution in [3.8, 4) is 0 Å². The highest BCUT2D eigenvalue weighted by atomic mass is 16.6. The summed E-state index contributed by atoms with van der Waals surface area (Å²) < 4.78 is 16.5. The second-order valence-electron chi connectivity index (χ2n) is 13.5. The van der Waals surface area contributed by atoms with Crippen molar-refractivity contribution in [2.45, 2.75) is 162 Å². The number of carbonyl (C=O) groups is 3. The lowest BCUT2D eigenvalue weighted by Gasteiger charge is -2.18. The van der Waals surface area contributed by atoms with Gasteiger partial charge >= 0.3 is 17.9 Å². The minimum Gasteiger partial charge on any atom is -0.462 e. The third-order valence-electron chi connectivity index (χ3n) is 8.29. The number of carbonyl (C=O) groups excluding carboxylic acids is 3. The Balaban J connectivity index is 4.55. The van der Waals surface area contributed by atoms with E-state index in [9.17, 15) is 14.4 Å². The minimum atomic E-state index is -0.838. The average molecular weight is 773 g/mol. The molecule has 0 N–H and O–H groups in total. The zero-order valence-electron chi connectivity index (χ0n) is 35.3. The molecule has 6 heteroatoms. The number of hydrogen-bond acceptors (Lipinski definition) is 6. The Bertz CT molecular complexity index is 1260. The van der Waals surface area contributed by atoms with E-state index >= 15 is 0 Å². The average Bonchev–Trinajstić information content (AvgIpc) is 3.19. The van der Waals surface area contributed by atoms with E-state index in [4.69, 9.17) is 14.2 Å². The topological polar surface area (TPSA) is 78.9 Å². The quantitative estimate of drug-likeness (QED) is 0.0207. The zero-order valence-corrected chi connectivity index (χ0v) is 35.3. The van der Waals surface area contributed by atoms with E-state index in [2.05, 4.69) is 118 Å². The van der Waals surface area contributed by atoms with E-state index in [1.54, 1.807) is 6.08 Å². The highest BCUT2D eigenvalue weighted by Crippen LogP contribution is 2.11. The van der Waals surface area contributed by atoms with Crippen LogP contribution in [0.25, 0.3) is 0 Å². The van der Waals surface area contributed by atoms with Gasteiger partial charge in [-0.05, 0) is 89.9 Å². The van der Waals surface area contributed by atoms with Crippen LogP contribution in [0, 0.1) is 0 Å². The van der Waals surface area contributed by atoms with Crippen LogP contribution in [0.4, 0.5) is 0 Å². The first kappa shape index (κ1) is 51.8. The van der Waals surface area contributed by atoms with Crippen LogP contribution >= 0.6 is 0 Å². The fraction of sp³-hybridized carbons (Fsp3) is 0.540. The fourth-order valence-corrected chi connectivity index (χ4v) is 5.14. The van der Waals surface area contributed by atoms with Gasteiger partial charge in [-0.2, -0.15) is 0 Å². The molecule has 0 aliphatic rings. The maximum absolute atomic E-state index is 12.7. The van der Waals surface area contributed by atoms with E-state index in [-0.39, 0.29) is 38.0 Å². The lowest BCUT2D eigenvalue weighted by atomic mass is 10.1. The molecular weight excluding hydrogens is 697 g/mol. The minimum absolute atomic E-state index is 0.119. The molecule has 0 spiro atoms. The van der Waals surface area contributed by atoms with Gasteiger partial charge in [0.05, 0.1) is 6.42 Å². The van der Waals surface area contributed by atoms with Crippen LogP contribution in [0.15, 0.2) is 122 Å². The Morgan fingerprint density at radius 3 is 1.38 bits per heavy atom. The lowest BCUT2D eigenvalue weighted by Crippen LogP contribution is -2.30. The van der Waals surface area contributed by atoms with Gasteiger partial charge in [-0.25, -0.2) is 0 Å². The smallest absolute Gasteiger partial charge is 0.309 e. The Labute approximate surface area is 342 Å². The van der Waals surface area contributed by atoms with Crippen molar-refractivity contribution in [3.05, 3.63) is 122 Å². The van der Waals surface area contributed by atoms with Gasteiger partial charge in [0.25, 0.3) is 0 Å². The van der Waals surface area contributed by atoms with Crippen LogP contribution in [0.5, 0.6) is 0 Å². The van der Waals surface area contributed by atoms with Gasteiger partial charge in [0.1, 0.15) is 13.2 Å². The molecule has 1 unspecified atom stereocenters. The van der Waals surface area contributed by atoms with Crippen LogP contribution in [-0.2, 0) is 28.6 Å². The third-order valence-corrected chi connectivity index (χ3v) is 8.29. The summed E-state index contributed by atoms with van der Waals surface area (Å²) >= 11 is 0. The first-order valence-corrected chi connectivity index (χ1v) is 21.6. The van der Waals surface area contributed by atoms with Crippen molar-refractivity contribution in [3.63, 3.8) is 0 Å². The monoisotopic (exact) mass is 773 g/mol. The number of unbranched alkanes of at least 4 members (excludes halogenated alkanes) is 8. The highest BCUT2D eigenvalue weighted by Gasteiger charge is 2.19. The van der Waals surface area contributed by atoms with Crippen molar-refractivity contribution in [2.75, 3.05) is 13.2 Å². The summed E-state index contributed by atoms with van der Waals surface area (Å²) in [5.74, 6) is -1.13. The molecule has 0 rings (SSSR count). The predicted molar refractivity (Wildman–Crippen MR) is 237 cm³/mol. The summed E-state index contributed by atoms with van der Waals surface area (Å²) in [6.07, 6.45) is 59.3. The van der Waals surface area contributed by atoms with E-state index in [1.807, 2.05) is 18.2 Å². The molecular formula is C50H76O6. The second kappa shape index (κ2) is 43.5. The zero-order chi connectivity index (χ0) is 40.8. The Kier molecular flexibility index (Phi) is 40.3. The van der Waals surface area contributed by atoms with Gasteiger partial charge in [-0.1, -0.05) is 168 Å². The molecule has 0 heterocycles. The van der Waals surface area contributed by atoms with Crippen molar-refractivity contribution in [1.82, 2.24) is 0 Å². The largest absolute Gasteiger partial charge is 0.462 e. The second-order valence-corrected chi connectivity index (χ2v) is 13.5. The summed E-state index contributed by atoms with van der Waals surface area (Å²) in [5, 5.41) is 0. The number of hydrogen-bond donors (Lipinski definition) is 0. The number of esters is 3. The third kappa shape index (κ3) is 41.0. The fourth-order valence-electron chi connectivity index (χ4n) is 5.14. The molecule has 0 saturated heterocycles. The van der Waals surface area contributed by atoms with Crippen molar-refractivity contribution < 1.29 is 28.6 Å². The SMILES string of the molecule is CC\C=C/C=C\C=C/CCCCCCCC(=O)OC(COC(=O)C/C=C\C/C=C\C/C=C\CC)COC(=O)CCCCC/C=C\C/C=C\C/C=C\C/C=C\CC. The molecule has 0 radical (unpaired) electrons. The summed E-state index contributed by atoms with van der Waals surface area (Å²) in [6, 6.07) is 0. The van der Waals surface area contributed by atoms with Gasteiger partial charge in [0, 0.05) is 12.8 Å². The lowest BCUT2D eigenvalue weighted by molar-refractivity contribution is -0.166. The van der Waals surface area contributed by atoms with E-state index in [1.165, 1.54) is 0 Å². The Morgan fingerprint density at radius 2 is 0.804 bits per heavy atom. The highest BCUT2D eigenvalue weighted by molar-refractivity contribution is 5.72. The maximum Gasteiger partial charge on any atom is 0.309 e. The molecule has 0 bridgehead atoms. The molecule has 0 fully saturated rings. The summed E-state index contributed by atoms with van der Waals surface area (Å²) in [5.41, 5.74) is 0. The van der Waals surface area contributed by atoms with Crippen molar-refractivity contribution in [1.29, 1.82) is 0 Å². The first-order chi connectivity index (χ1) is 27.5. The summed E-state index contributed by atoms with van der Waals surface area (Å²) in [6.45, 7) is 6.08. The predicted octanol–water partition coefficient (Wildman–Crippen LogP) is 13.8. The number of rotatable bonds is 36. The Hall–Kier alpha value is -4.19. The van der Waals surface area contributed by atoms with Crippen molar-refractivity contribution >= 4 is 17.9 Å². The van der Waals surface area contributed by atoms with Gasteiger partial charge in [-0.3, -0.25) is 14.4 Å². The van der Waals surface area contributed by atoms with Gasteiger partial charge in [-0.15, -0.1) is 0 Å². The molecule has 0 aromatic rings. The summed E-state index contributed by atoms with van der Waals surface area (Å²) in [7, 11) is 0. The van der Waals surface area contributed by atoms with Crippen molar-refractivity contribution in [2.24, 2.45) is 0 Å². The van der Waals surface area contributed by atoms with E-state index in [0.717, 1.165) is 116 Å². The van der Waals surface area contributed by atoms with Crippen LogP contribution in [0.3, 0.4) is 0 Å². The molecule has 0 aliphatic heterocycles. The van der Waals surface area contributed by atoms with Crippen LogP contribution in [0.2, 0.25) is 0 Å². The van der Waals surface area contributed by atoms with Gasteiger partial charge < -0.3 is 14.2 Å². The Morgan fingerprint density at radius 1 is 0.393 bits per heavy atom. The molecule has 6 nitrogen and oxygen atoms in total. The van der Waals surface area contributed by atoms with Crippen LogP contribution < -0.4 is 0 Å².